The van der Waals surface area contributed by atoms with E-state index < -0.39 is 0 Å². The molecule has 28 heavy (non-hydrogen) atoms. The van der Waals surface area contributed by atoms with Gasteiger partial charge in [-0.05, 0) is 37.6 Å². The van der Waals surface area contributed by atoms with Gasteiger partial charge in [-0.25, -0.2) is 9.37 Å². The number of nitrogens with zero attached hydrogens (tertiary/aromatic N) is 4. The van der Waals surface area contributed by atoms with Crippen LogP contribution in [-0.2, 0) is 11.8 Å². The number of ether oxygens (including phenoxy) is 1. The molecule has 0 bridgehead atoms. The first kappa shape index (κ1) is 20.3. The smallest absolute Gasteiger partial charge is 0.239 e. The third-order valence-electron chi connectivity index (χ3n) is 3.93. The summed E-state index contributed by atoms with van der Waals surface area (Å²) in [6.45, 7) is 3.78. The Labute approximate surface area is 170 Å². The van der Waals surface area contributed by atoms with E-state index in [1.807, 2.05) is 20.9 Å². The molecule has 0 aliphatic carbocycles. The van der Waals surface area contributed by atoms with Crippen LogP contribution < -0.4 is 10.1 Å². The van der Waals surface area contributed by atoms with Crippen molar-refractivity contribution in [1.29, 1.82) is 0 Å². The zero-order valence-electron chi connectivity index (χ0n) is 15.6. The van der Waals surface area contributed by atoms with Crippen molar-refractivity contribution < 1.29 is 13.9 Å². The molecule has 7 nitrogen and oxygen atoms in total. The first-order valence-corrected chi connectivity index (χ1v) is 10.4. The summed E-state index contributed by atoms with van der Waals surface area (Å²) in [5, 5.41) is 13.9. The van der Waals surface area contributed by atoms with Crippen LogP contribution in [0.5, 0.6) is 5.75 Å². The van der Waals surface area contributed by atoms with E-state index >= 15 is 0 Å². The van der Waals surface area contributed by atoms with Gasteiger partial charge in [0.05, 0.1) is 5.25 Å². The first-order chi connectivity index (χ1) is 13.5. The lowest BCUT2D eigenvalue weighted by molar-refractivity contribution is -0.115. The number of thiazole rings is 1. The molecule has 0 aliphatic rings. The Balaban J connectivity index is 1.67. The van der Waals surface area contributed by atoms with Crippen LogP contribution >= 0.6 is 23.1 Å². The van der Waals surface area contributed by atoms with Crippen LogP contribution in [0, 0.1) is 5.82 Å². The minimum absolute atomic E-state index is 0.123. The van der Waals surface area contributed by atoms with Gasteiger partial charge in [0.25, 0.3) is 0 Å². The predicted molar refractivity (Wildman–Crippen MR) is 107 cm³/mol. The molecule has 1 amide bonds. The molecule has 3 aromatic rings. The SMILES string of the molecule is CCC(Sc1nnc(C(C)Oc2ccc(F)cc2)n1C)C(=O)Nc1nccs1. The lowest BCUT2D eigenvalue weighted by Crippen LogP contribution is -2.25. The van der Waals surface area contributed by atoms with Gasteiger partial charge >= 0.3 is 0 Å². The van der Waals surface area contributed by atoms with Gasteiger partial charge in [0.2, 0.25) is 5.91 Å². The molecular formula is C18H20FN5O2S2. The fraction of sp³-hybridized carbons (Fsp3) is 0.333. The van der Waals surface area contributed by atoms with Crippen LogP contribution in [0.15, 0.2) is 41.0 Å². The van der Waals surface area contributed by atoms with Gasteiger partial charge in [-0.1, -0.05) is 18.7 Å². The maximum absolute atomic E-state index is 13.0. The molecule has 0 saturated carbocycles. The van der Waals surface area contributed by atoms with Gasteiger partial charge in [0, 0.05) is 18.6 Å². The second-order valence-electron chi connectivity index (χ2n) is 5.96. The minimum atomic E-state index is -0.387. The highest BCUT2D eigenvalue weighted by atomic mass is 32.2. The number of carbonyl (C=O) groups excluding carboxylic acids is 1. The van der Waals surface area contributed by atoms with E-state index in [2.05, 4.69) is 20.5 Å². The molecule has 2 atom stereocenters. The van der Waals surface area contributed by atoms with Crippen LogP contribution in [0.1, 0.15) is 32.2 Å². The molecule has 2 unspecified atom stereocenters. The first-order valence-electron chi connectivity index (χ1n) is 8.66. The van der Waals surface area contributed by atoms with Crippen LogP contribution in [0.25, 0.3) is 0 Å². The van der Waals surface area contributed by atoms with Crippen molar-refractivity contribution in [2.24, 2.45) is 7.05 Å². The van der Waals surface area contributed by atoms with E-state index in [9.17, 15) is 9.18 Å². The van der Waals surface area contributed by atoms with E-state index in [0.29, 0.717) is 28.3 Å². The van der Waals surface area contributed by atoms with Crippen LogP contribution in [0.3, 0.4) is 0 Å². The standard InChI is InChI=1S/C18H20FN5O2S2/c1-4-14(16(25)21-17-20-9-10-27-17)28-18-23-22-15(24(18)3)11(2)26-13-7-5-12(19)6-8-13/h5-11,14H,4H2,1-3H3,(H,20,21,25). The van der Waals surface area contributed by atoms with E-state index in [0.717, 1.165) is 0 Å². The number of rotatable bonds is 8. The summed E-state index contributed by atoms with van der Waals surface area (Å²) >= 11 is 2.71. The van der Waals surface area contributed by atoms with Crippen LogP contribution in [0.4, 0.5) is 9.52 Å². The molecule has 10 heteroatoms. The maximum Gasteiger partial charge on any atom is 0.239 e. The molecule has 0 spiro atoms. The number of thioether (sulfide) groups is 1. The maximum atomic E-state index is 13.0. The molecule has 2 heterocycles. The van der Waals surface area contributed by atoms with Crippen molar-refractivity contribution in [3.05, 3.63) is 47.5 Å². The number of nitrogens with one attached hydrogen (secondary N) is 1. The number of hydrogen-bond donors (Lipinski definition) is 1. The van der Waals surface area contributed by atoms with Crippen molar-refractivity contribution >= 4 is 34.1 Å². The van der Waals surface area contributed by atoms with E-state index in [1.54, 1.807) is 28.3 Å². The molecule has 0 aliphatic heterocycles. The Morgan fingerprint density at radius 2 is 2.11 bits per heavy atom. The average molecular weight is 422 g/mol. The lowest BCUT2D eigenvalue weighted by Gasteiger charge is -2.15. The number of anilines is 1. The third kappa shape index (κ3) is 4.87. The zero-order chi connectivity index (χ0) is 20.1. The topological polar surface area (TPSA) is 81.9 Å². The normalized spacial score (nSPS) is 13.1. The van der Waals surface area contributed by atoms with E-state index in [-0.39, 0.29) is 23.1 Å². The van der Waals surface area contributed by atoms with Crippen molar-refractivity contribution in [2.45, 2.75) is 36.8 Å². The fourth-order valence-corrected chi connectivity index (χ4v) is 3.93. The predicted octanol–water partition coefficient (Wildman–Crippen LogP) is 4.06. The highest BCUT2D eigenvalue weighted by molar-refractivity contribution is 8.00. The zero-order valence-corrected chi connectivity index (χ0v) is 17.3. The average Bonchev–Trinajstić information content (AvgIpc) is 3.31. The minimum Gasteiger partial charge on any atom is -0.483 e. The second kappa shape index (κ2) is 9.16. The van der Waals surface area contributed by atoms with Crippen molar-refractivity contribution in [1.82, 2.24) is 19.7 Å². The number of amides is 1. The number of carbonyl (C=O) groups is 1. The summed E-state index contributed by atoms with van der Waals surface area (Å²) in [5.41, 5.74) is 0. The Bertz CT molecular complexity index is 915. The summed E-state index contributed by atoms with van der Waals surface area (Å²) in [6.07, 6.45) is 1.89. The quantitative estimate of drug-likeness (QED) is 0.553. The summed E-state index contributed by atoms with van der Waals surface area (Å²) in [4.78, 5) is 16.6. The number of hydrogen-bond acceptors (Lipinski definition) is 7. The Kier molecular flexibility index (Phi) is 6.63. The molecular weight excluding hydrogens is 401 g/mol. The lowest BCUT2D eigenvalue weighted by atomic mass is 10.3. The van der Waals surface area contributed by atoms with Gasteiger partial charge in [0.15, 0.2) is 22.2 Å². The fourth-order valence-electron chi connectivity index (χ4n) is 2.47. The van der Waals surface area contributed by atoms with E-state index in [4.69, 9.17) is 4.74 Å². The molecule has 0 saturated heterocycles. The third-order valence-corrected chi connectivity index (χ3v) is 6.02. The van der Waals surface area contributed by atoms with Crippen molar-refractivity contribution in [3.63, 3.8) is 0 Å². The second-order valence-corrected chi connectivity index (χ2v) is 8.02. The number of benzene rings is 1. The summed E-state index contributed by atoms with van der Waals surface area (Å²) < 4.78 is 20.6. The van der Waals surface area contributed by atoms with Gasteiger partial charge < -0.3 is 14.6 Å². The molecule has 0 radical (unpaired) electrons. The monoisotopic (exact) mass is 421 g/mol. The number of aromatic nitrogens is 4. The highest BCUT2D eigenvalue weighted by Gasteiger charge is 2.24. The Morgan fingerprint density at radius 1 is 1.36 bits per heavy atom. The van der Waals surface area contributed by atoms with E-state index in [1.165, 1.54) is 35.2 Å². The molecule has 1 aromatic carbocycles. The van der Waals surface area contributed by atoms with Crippen LogP contribution in [0.2, 0.25) is 0 Å². The van der Waals surface area contributed by atoms with Gasteiger partial charge in [-0.2, -0.15) is 0 Å². The van der Waals surface area contributed by atoms with Gasteiger partial charge in [-0.15, -0.1) is 21.5 Å². The molecule has 3 rings (SSSR count). The van der Waals surface area contributed by atoms with Crippen molar-refractivity contribution in [3.8, 4) is 5.75 Å². The highest BCUT2D eigenvalue weighted by Crippen LogP contribution is 2.28. The summed E-state index contributed by atoms with van der Waals surface area (Å²) in [7, 11) is 1.83. The molecule has 1 N–H and O–H groups in total. The summed E-state index contributed by atoms with van der Waals surface area (Å²) in [6, 6.07) is 5.81. The van der Waals surface area contributed by atoms with Gasteiger partial charge in [-0.3, -0.25) is 4.79 Å². The number of halogens is 1. The van der Waals surface area contributed by atoms with Crippen molar-refractivity contribution in [2.75, 3.05) is 5.32 Å². The van der Waals surface area contributed by atoms with Crippen LogP contribution in [-0.4, -0.2) is 30.9 Å². The Morgan fingerprint density at radius 3 is 2.75 bits per heavy atom. The largest absolute Gasteiger partial charge is 0.483 e. The summed E-state index contributed by atoms with van der Waals surface area (Å²) in [5.74, 6) is 0.712. The van der Waals surface area contributed by atoms with Gasteiger partial charge in [0.1, 0.15) is 11.6 Å². The Hall–Kier alpha value is -2.46. The molecule has 0 fully saturated rings. The molecule has 2 aromatic heterocycles. The molecule has 148 valence electrons.